The monoisotopic (exact) mass is 368 g/mol. The van der Waals surface area contributed by atoms with Crippen LogP contribution in [-0.4, -0.2) is 25.5 Å². The summed E-state index contributed by atoms with van der Waals surface area (Å²) >= 11 is 0. The number of benzene rings is 2. The Kier molecular flexibility index (Phi) is 3.76. The third kappa shape index (κ3) is 2.95. The first-order valence-electron chi connectivity index (χ1n) is 8.91. The van der Waals surface area contributed by atoms with Crippen LogP contribution < -0.4 is 0 Å². The van der Waals surface area contributed by atoms with Gasteiger partial charge in [0.1, 0.15) is 11.4 Å². The van der Waals surface area contributed by atoms with Gasteiger partial charge in [0, 0.05) is 41.3 Å². The van der Waals surface area contributed by atoms with E-state index in [1.165, 1.54) is 0 Å². The Morgan fingerprint density at radius 3 is 2.79 bits per heavy atom. The highest BCUT2D eigenvalue weighted by atomic mass is 16.3. The first-order valence-corrected chi connectivity index (χ1v) is 8.91. The Morgan fingerprint density at radius 1 is 1.04 bits per heavy atom. The molecule has 0 saturated carbocycles. The van der Waals surface area contributed by atoms with Crippen LogP contribution in [-0.2, 0) is 13.5 Å². The molecule has 2 aromatic carbocycles. The fourth-order valence-electron chi connectivity index (χ4n) is 3.27. The van der Waals surface area contributed by atoms with Gasteiger partial charge in [-0.1, -0.05) is 24.3 Å². The van der Waals surface area contributed by atoms with E-state index >= 15 is 0 Å². The Morgan fingerprint density at radius 2 is 1.93 bits per heavy atom. The molecule has 3 heterocycles. The van der Waals surface area contributed by atoms with Crippen LogP contribution in [0.4, 0.5) is 0 Å². The highest BCUT2D eigenvalue weighted by Gasteiger charge is 2.12. The maximum Gasteiger partial charge on any atom is 0.170 e. The molecule has 0 spiro atoms. The molecule has 5 rings (SSSR count). The molecule has 0 N–H and O–H groups in total. The number of aromatic nitrogens is 4. The first kappa shape index (κ1) is 16.4. The van der Waals surface area contributed by atoms with Gasteiger partial charge in [-0.25, -0.2) is 9.97 Å². The highest BCUT2D eigenvalue weighted by molar-refractivity contribution is 6.00. The largest absolute Gasteiger partial charge is 0.464 e. The highest BCUT2D eigenvalue weighted by Crippen LogP contribution is 2.23. The summed E-state index contributed by atoms with van der Waals surface area (Å²) in [5.74, 6) is 0.460. The van der Waals surface area contributed by atoms with Gasteiger partial charge in [-0.05, 0) is 23.8 Å². The summed E-state index contributed by atoms with van der Waals surface area (Å²) in [6.45, 7) is 0. The molecule has 28 heavy (non-hydrogen) atoms. The number of aryl methyl sites for hydroxylation is 1. The summed E-state index contributed by atoms with van der Waals surface area (Å²) in [5.41, 5.74) is 4.15. The van der Waals surface area contributed by atoms with Crippen molar-refractivity contribution in [2.45, 2.75) is 6.42 Å². The molecular formula is C22H16N4O2. The van der Waals surface area contributed by atoms with Gasteiger partial charge in [-0.3, -0.25) is 9.48 Å². The molecule has 0 radical (unpaired) electrons. The minimum Gasteiger partial charge on any atom is -0.464 e. The van der Waals surface area contributed by atoms with Crippen molar-refractivity contribution in [3.05, 3.63) is 78.7 Å². The summed E-state index contributed by atoms with van der Waals surface area (Å²) in [7, 11) is 1.89. The number of Topliss-reactive ketones (excluding diaryl/α,β-unsaturated/α-hetero) is 1. The van der Waals surface area contributed by atoms with Crippen LogP contribution in [0.1, 0.15) is 16.2 Å². The number of rotatable bonds is 4. The minimum absolute atomic E-state index is 0.0407. The first-order chi connectivity index (χ1) is 13.7. The van der Waals surface area contributed by atoms with Gasteiger partial charge in [-0.15, -0.1) is 0 Å². The fourth-order valence-corrected chi connectivity index (χ4v) is 3.27. The number of hydrogen-bond donors (Lipinski definition) is 0. The second kappa shape index (κ2) is 6.42. The van der Waals surface area contributed by atoms with E-state index in [4.69, 9.17) is 4.42 Å². The zero-order valence-electron chi connectivity index (χ0n) is 15.2. The lowest BCUT2D eigenvalue weighted by molar-refractivity contribution is 0.0991. The predicted octanol–water partition coefficient (Wildman–Crippen LogP) is 4.20. The Hall–Kier alpha value is -3.80. The lowest BCUT2D eigenvalue weighted by Crippen LogP contribution is -2.07. The van der Waals surface area contributed by atoms with Gasteiger partial charge in [0.15, 0.2) is 5.78 Å². The quantitative estimate of drug-likeness (QED) is 0.445. The number of hydrogen-bond acceptors (Lipinski definition) is 5. The average molecular weight is 368 g/mol. The van der Waals surface area contributed by atoms with Crippen LogP contribution in [0.5, 0.6) is 0 Å². The Labute approximate surface area is 160 Å². The van der Waals surface area contributed by atoms with E-state index < -0.39 is 0 Å². The average Bonchev–Trinajstić information content (AvgIpc) is 3.35. The molecule has 0 saturated heterocycles. The fraction of sp³-hybridized carbons (Fsp3) is 0.0909. The minimum atomic E-state index is -0.0407. The zero-order chi connectivity index (χ0) is 19.1. The number of carbonyl (C=O) groups excluding carboxylic acids is 1. The smallest absolute Gasteiger partial charge is 0.170 e. The normalized spacial score (nSPS) is 11.3. The molecule has 0 unspecified atom stereocenters. The van der Waals surface area contributed by atoms with Crippen molar-refractivity contribution < 1.29 is 9.21 Å². The molecule has 0 atom stereocenters. The molecule has 0 amide bonds. The number of fused-ring (bicyclic) bond motifs is 2. The summed E-state index contributed by atoms with van der Waals surface area (Å²) in [6, 6.07) is 13.3. The molecule has 6 nitrogen and oxygen atoms in total. The van der Waals surface area contributed by atoms with Gasteiger partial charge < -0.3 is 4.42 Å². The van der Waals surface area contributed by atoms with Gasteiger partial charge in [0.25, 0.3) is 0 Å². The molecule has 0 aliphatic heterocycles. The van der Waals surface area contributed by atoms with E-state index in [1.54, 1.807) is 23.2 Å². The Balaban J connectivity index is 1.45. The number of carbonyl (C=O) groups is 1. The van der Waals surface area contributed by atoms with Crippen LogP contribution in [0.25, 0.3) is 33.0 Å². The van der Waals surface area contributed by atoms with Crippen LogP contribution in [0.2, 0.25) is 0 Å². The van der Waals surface area contributed by atoms with Crippen molar-refractivity contribution >= 4 is 27.7 Å². The van der Waals surface area contributed by atoms with Crippen LogP contribution in [0, 0.1) is 0 Å². The van der Waals surface area contributed by atoms with E-state index in [0.717, 1.165) is 27.4 Å². The van der Waals surface area contributed by atoms with Crippen LogP contribution in [0.15, 0.2) is 71.7 Å². The topological polar surface area (TPSA) is 73.8 Å². The van der Waals surface area contributed by atoms with Gasteiger partial charge in [0.05, 0.1) is 24.4 Å². The van der Waals surface area contributed by atoms with E-state index in [-0.39, 0.29) is 12.2 Å². The standard InChI is InChI=1S/C22H16N4O2/c1-26-13-18(12-24-26)15-3-5-17-11-23-22(25-19(17)8-15)10-20(27)16-4-2-14-6-7-28-21(14)9-16/h2-9,11-13H,10H2,1H3. The number of furan rings is 1. The number of ketones is 1. The van der Waals surface area contributed by atoms with Gasteiger partial charge in [0.2, 0.25) is 0 Å². The Bertz CT molecular complexity index is 1330. The summed E-state index contributed by atoms with van der Waals surface area (Å²) < 4.78 is 7.15. The maximum atomic E-state index is 12.7. The SMILES string of the molecule is Cn1cc(-c2ccc3cnc(CC(=O)c4ccc5ccoc5c4)nc3c2)cn1. The lowest BCUT2D eigenvalue weighted by Gasteiger charge is -2.04. The van der Waals surface area contributed by atoms with Crippen molar-refractivity contribution in [1.82, 2.24) is 19.7 Å². The number of nitrogens with zero attached hydrogens (tertiary/aromatic N) is 4. The van der Waals surface area contributed by atoms with Gasteiger partial charge in [-0.2, -0.15) is 5.10 Å². The zero-order valence-corrected chi connectivity index (χ0v) is 15.2. The summed E-state index contributed by atoms with van der Waals surface area (Å²) in [4.78, 5) is 21.6. The second-order valence-electron chi connectivity index (χ2n) is 6.74. The van der Waals surface area contributed by atoms with Gasteiger partial charge >= 0.3 is 0 Å². The van der Waals surface area contributed by atoms with Crippen molar-refractivity contribution in [2.24, 2.45) is 7.05 Å². The second-order valence-corrected chi connectivity index (χ2v) is 6.74. The van der Waals surface area contributed by atoms with E-state index in [1.807, 2.05) is 55.8 Å². The molecule has 0 fully saturated rings. The van der Waals surface area contributed by atoms with Crippen molar-refractivity contribution in [3.63, 3.8) is 0 Å². The van der Waals surface area contributed by atoms with Crippen LogP contribution >= 0.6 is 0 Å². The van der Waals surface area contributed by atoms with Crippen molar-refractivity contribution in [3.8, 4) is 11.1 Å². The molecular weight excluding hydrogens is 352 g/mol. The molecule has 6 heteroatoms. The van der Waals surface area contributed by atoms with E-state index in [9.17, 15) is 4.79 Å². The molecule has 3 aromatic heterocycles. The van der Waals surface area contributed by atoms with E-state index in [2.05, 4.69) is 15.1 Å². The summed E-state index contributed by atoms with van der Waals surface area (Å²) in [5, 5.41) is 6.12. The predicted molar refractivity (Wildman–Crippen MR) is 106 cm³/mol. The third-order valence-corrected chi connectivity index (χ3v) is 4.77. The molecule has 5 aromatic rings. The summed E-state index contributed by atoms with van der Waals surface area (Å²) in [6.07, 6.45) is 7.29. The maximum absolute atomic E-state index is 12.7. The van der Waals surface area contributed by atoms with Crippen LogP contribution in [0.3, 0.4) is 0 Å². The third-order valence-electron chi connectivity index (χ3n) is 4.77. The molecule has 136 valence electrons. The van der Waals surface area contributed by atoms with Crippen molar-refractivity contribution in [2.75, 3.05) is 0 Å². The van der Waals surface area contributed by atoms with Crippen molar-refractivity contribution in [1.29, 1.82) is 0 Å². The molecule has 0 aliphatic rings. The van der Waals surface area contributed by atoms with E-state index in [0.29, 0.717) is 17.0 Å². The molecule has 0 bridgehead atoms. The lowest BCUT2D eigenvalue weighted by atomic mass is 10.1. The molecule has 0 aliphatic carbocycles.